The SMILES string of the molecule is CC(C)(Oc1ccc(C(CC(OCc2ccc(I)cc2)c2ccc(-c3ccc(C(F)(F)F)cc3)s2)C(C)(C)C)c(Cl)c1Cl)C(=O)O. The number of thiophene rings is 1. The zero-order chi connectivity index (χ0) is 34.0. The third kappa shape index (κ3) is 8.98. The molecule has 4 aromatic rings. The predicted octanol–water partition coefficient (Wildman–Crippen LogP) is 12.1. The Morgan fingerprint density at radius 1 is 0.891 bits per heavy atom. The quantitative estimate of drug-likeness (QED) is 0.153. The maximum Gasteiger partial charge on any atom is 0.416 e. The molecule has 0 fully saturated rings. The first-order valence-corrected chi connectivity index (χ1v) is 17.1. The Balaban J connectivity index is 1.70. The lowest BCUT2D eigenvalue weighted by Gasteiger charge is -2.35. The van der Waals surface area contributed by atoms with Gasteiger partial charge < -0.3 is 14.6 Å². The second kappa shape index (κ2) is 14.4. The summed E-state index contributed by atoms with van der Waals surface area (Å²) in [5.41, 5.74) is -0.0758. The molecule has 11 heteroatoms. The standard InChI is InChI=1S/C35H34Cl2F3IO4S/c1-33(2,3)25(24-14-15-26(31(37)30(24)36)45-34(4,5)32(42)43)18-27(44-19-20-6-12-23(41)13-7-20)29-17-16-28(46-29)21-8-10-22(11-9-21)35(38,39)40/h6-17,25,27H,18-19H2,1-5H3,(H,42,43). The molecule has 46 heavy (non-hydrogen) atoms. The summed E-state index contributed by atoms with van der Waals surface area (Å²) in [6.07, 6.45) is -4.29. The third-order valence-electron chi connectivity index (χ3n) is 7.63. The van der Waals surface area contributed by atoms with Gasteiger partial charge in [0, 0.05) is 13.3 Å². The first-order valence-electron chi connectivity index (χ1n) is 14.4. The lowest BCUT2D eigenvalue weighted by molar-refractivity contribution is -0.152. The molecule has 3 aromatic carbocycles. The molecular weight excluding hydrogens is 771 g/mol. The number of halogens is 6. The van der Waals surface area contributed by atoms with E-state index in [9.17, 15) is 23.1 Å². The van der Waals surface area contributed by atoms with Gasteiger partial charge in [0.1, 0.15) is 10.8 Å². The largest absolute Gasteiger partial charge is 0.478 e. The number of alkyl halides is 3. The van der Waals surface area contributed by atoms with Gasteiger partial charge in [-0.1, -0.05) is 74.3 Å². The van der Waals surface area contributed by atoms with Crippen molar-refractivity contribution in [2.24, 2.45) is 5.41 Å². The second-order valence-corrected chi connectivity index (χ2v) is 15.7. The summed E-state index contributed by atoms with van der Waals surface area (Å²) >= 11 is 17.3. The molecule has 0 aliphatic carbocycles. The fraction of sp³-hybridized carbons (Fsp3) is 0.343. The molecule has 1 N–H and O–H groups in total. The van der Waals surface area contributed by atoms with E-state index in [-0.39, 0.29) is 27.1 Å². The Labute approximate surface area is 295 Å². The van der Waals surface area contributed by atoms with Crippen molar-refractivity contribution in [1.29, 1.82) is 0 Å². The van der Waals surface area contributed by atoms with Crippen molar-refractivity contribution in [3.05, 3.63) is 108 Å². The number of ether oxygens (including phenoxy) is 2. The predicted molar refractivity (Wildman–Crippen MR) is 187 cm³/mol. The molecule has 4 rings (SSSR count). The highest BCUT2D eigenvalue weighted by atomic mass is 127. The maximum atomic E-state index is 13.2. The Morgan fingerprint density at radius 3 is 2.09 bits per heavy atom. The summed E-state index contributed by atoms with van der Waals surface area (Å²) in [6.45, 7) is 9.49. The molecule has 0 amide bonds. The normalized spacial score (nSPS) is 13.8. The Hall–Kier alpha value is -2.31. The Morgan fingerprint density at radius 2 is 1.52 bits per heavy atom. The summed E-state index contributed by atoms with van der Waals surface area (Å²) < 4.78 is 52.9. The minimum absolute atomic E-state index is 0.125. The average molecular weight is 806 g/mol. The molecule has 0 saturated carbocycles. The third-order valence-corrected chi connectivity index (χ3v) is 10.5. The van der Waals surface area contributed by atoms with Gasteiger partial charge >= 0.3 is 12.1 Å². The van der Waals surface area contributed by atoms with Crippen molar-refractivity contribution >= 4 is 63.1 Å². The topological polar surface area (TPSA) is 55.8 Å². The first-order chi connectivity index (χ1) is 21.4. The molecule has 0 spiro atoms. The van der Waals surface area contributed by atoms with Crippen LogP contribution in [0.5, 0.6) is 5.75 Å². The lowest BCUT2D eigenvalue weighted by Crippen LogP contribution is -2.38. The summed E-state index contributed by atoms with van der Waals surface area (Å²) in [5.74, 6) is -1.14. The van der Waals surface area contributed by atoms with E-state index >= 15 is 0 Å². The second-order valence-electron chi connectivity index (χ2n) is 12.6. The summed E-state index contributed by atoms with van der Waals surface area (Å²) in [5, 5.41) is 9.92. The van der Waals surface area contributed by atoms with Crippen LogP contribution in [-0.4, -0.2) is 16.7 Å². The minimum atomic E-state index is -4.41. The van der Waals surface area contributed by atoms with Crippen molar-refractivity contribution in [3.63, 3.8) is 0 Å². The smallest absolute Gasteiger partial charge is 0.416 e. The number of carboxylic acids is 1. The number of carbonyl (C=O) groups is 1. The number of carboxylic acid groups (broad SMARTS) is 1. The molecule has 0 aliphatic rings. The molecule has 2 unspecified atom stereocenters. The van der Waals surface area contributed by atoms with Crippen LogP contribution >= 0.6 is 57.1 Å². The monoisotopic (exact) mass is 804 g/mol. The van der Waals surface area contributed by atoms with E-state index in [0.717, 1.165) is 36.6 Å². The fourth-order valence-electron chi connectivity index (χ4n) is 4.92. The summed E-state index contributed by atoms with van der Waals surface area (Å²) in [7, 11) is 0. The summed E-state index contributed by atoms with van der Waals surface area (Å²) in [6, 6.07) is 20.5. The van der Waals surface area contributed by atoms with Gasteiger partial charge in [-0.3, -0.25) is 0 Å². The molecule has 2 atom stereocenters. The van der Waals surface area contributed by atoms with Gasteiger partial charge in [-0.25, -0.2) is 4.79 Å². The minimum Gasteiger partial charge on any atom is -0.478 e. The van der Waals surface area contributed by atoms with Crippen molar-refractivity contribution < 1.29 is 32.5 Å². The molecule has 0 radical (unpaired) electrons. The molecule has 0 bridgehead atoms. The van der Waals surface area contributed by atoms with Gasteiger partial charge in [0.15, 0.2) is 5.60 Å². The maximum absolute atomic E-state index is 13.2. The van der Waals surface area contributed by atoms with Gasteiger partial charge in [-0.05, 0) is 113 Å². The number of aliphatic carboxylic acids is 1. The number of benzene rings is 3. The van der Waals surface area contributed by atoms with Crippen LogP contribution in [0.4, 0.5) is 13.2 Å². The summed E-state index contributed by atoms with van der Waals surface area (Å²) in [4.78, 5) is 13.4. The van der Waals surface area contributed by atoms with E-state index in [2.05, 4.69) is 43.4 Å². The highest BCUT2D eigenvalue weighted by Crippen LogP contribution is 2.49. The lowest BCUT2D eigenvalue weighted by atomic mass is 9.73. The number of hydrogen-bond acceptors (Lipinski definition) is 4. The van der Waals surface area contributed by atoms with Crippen LogP contribution in [0, 0.1) is 8.99 Å². The molecule has 1 aromatic heterocycles. The first kappa shape index (κ1) is 36.5. The van der Waals surface area contributed by atoms with Crippen molar-refractivity contribution in [3.8, 4) is 16.2 Å². The molecule has 1 heterocycles. The van der Waals surface area contributed by atoms with E-state index in [1.807, 2.05) is 42.5 Å². The number of hydrogen-bond donors (Lipinski definition) is 1. The van der Waals surface area contributed by atoms with Crippen LogP contribution in [0.15, 0.2) is 72.8 Å². The van der Waals surface area contributed by atoms with Crippen LogP contribution in [0.3, 0.4) is 0 Å². The Kier molecular flexibility index (Phi) is 11.5. The van der Waals surface area contributed by atoms with Crippen molar-refractivity contribution in [2.75, 3.05) is 0 Å². The van der Waals surface area contributed by atoms with Crippen LogP contribution in [0.25, 0.3) is 10.4 Å². The zero-order valence-electron chi connectivity index (χ0n) is 25.8. The van der Waals surface area contributed by atoms with Crippen LogP contribution in [-0.2, 0) is 22.3 Å². The van der Waals surface area contributed by atoms with Gasteiger partial charge in [0.05, 0.1) is 23.3 Å². The number of rotatable bonds is 11. The molecule has 4 nitrogen and oxygen atoms in total. The van der Waals surface area contributed by atoms with Gasteiger partial charge in [-0.15, -0.1) is 11.3 Å². The van der Waals surface area contributed by atoms with Crippen LogP contribution in [0.1, 0.15) is 74.6 Å². The van der Waals surface area contributed by atoms with Crippen LogP contribution < -0.4 is 4.74 Å². The van der Waals surface area contributed by atoms with E-state index in [1.165, 1.54) is 37.3 Å². The highest BCUT2D eigenvalue weighted by molar-refractivity contribution is 14.1. The van der Waals surface area contributed by atoms with E-state index in [1.54, 1.807) is 6.07 Å². The van der Waals surface area contributed by atoms with Gasteiger partial charge in [0.25, 0.3) is 0 Å². The molecule has 0 aliphatic heterocycles. The molecular formula is C35H34Cl2F3IO4S. The van der Waals surface area contributed by atoms with E-state index < -0.39 is 29.4 Å². The average Bonchev–Trinajstić information content (AvgIpc) is 3.46. The Bertz CT molecular complexity index is 1660. The fourth-order valence-corrected chi connectivity index (χ4v) is 6.86. The molecule has 246 valence electrons. The van der Waals surface area contributed by atoms with E-state index in [0.29, 0.717) is 18.6 Å². The van der Waals surface area contributed by atoms with E-state index in [4.69, 9.17) is 32.7 Å². The van der Waals surface area contributed by atoms with Crippen LogP contribution in [0.2, 0.25) is 10.0 Å². The van der Waals surface area contributed by atoms with Crippen molar-refractivity contribution in [2.45, 2.75) is 71.4 Å². The zero-order valence-corrected chi connectivity index (χ0v) is 30.3. The molecule has 0 saturated heterocycles. The highest BCUT2D eigenvalue weighted by Gasteiger charge is 2.35. The van der Waals surface area contributed by atoms with Gasteiger partial charge in [0.2, 0.25) is 0 Å². The van der Waals surface area contributed by atoms with Gasteiger partial charge in [-0.2, -0.15) is 13.2 Å². The van der Waals surface area contributed by atoms with Crippen molar-refractivity contribution in [1.82, 2.24) is 0 Å².